The Labute approximate surface area is 176 Å². The van der Waals surface area contributed by atoms with Crippen molar-refractivity contribution in [3.63, 3.8) is 0 Å². The molecule has 1 aromatic carbocycles. The van der Waals surface area contributed by atoms with Crippen molar-refractivity contribution >= 4 is 17.3 Å². The minimum absolute atomic E-state index is 0.0918. The molecule has 7 nitrogen and oxygen atoms in total. The van der Waals surface area contributed by atoms with Crippen LogP contribution in [0.4, 0.5) is 11.4 Å². The van der Waals surface area contributed by atoms with E-state index in [1.165, 1.54) is 12.3 Å². The van der Waals surface area contributed by atoms with E-state index in [9.17, 15) is 9.90 Å². The second kappa shape index (κ2) is 8.49. The molecule has 1 aromatic heterocycles. The van der Waals surface area contributed by atoms with Gasteiger partial charge in [0.2, 0.25) is 0 Å². The molecule has 30 heavy (non-hydrogen) atoms. The van der Waals surface area contributed by atoms with Gasteiger partial charge in [0.05, 0.1) is 24.1 Å². The van der Waals surface area contributed by atoms with Crippen molar-refractivity contribution in [1.29, 1.82) is 0 Å². The highest BCUT2D eigenvalue weighted by molar-refractivity contribution is 5.93. The Balaban J connectivity index is 1.49. The number of pyridine rings is 1. The van der Waals surface area contributed by atoms with Gasteiger partial charge in [0, 0.05) is 43.2 Å². The van der Waals surface area contributed by atoms with Gasteiger partial charge in [0.15, 0.2) is 0 Å². The second-order valence-electron chi connectivity index (χ2n) is 7.60. The minimum Gasteiger partial charge on any atom is -0.493 e. The van der Waals surface area contributed by atoms with Crippen LogP contribution in [-0.2, 0) is 0 Å². The lowest BCUT2D eigenvalue weighted by Crippen LogP contribution is -2.42. The van der Waals surface area contributed by atoms with Crippen LogP contribution < -0.4 is 20.3 Å². The zero-order valence-corrected chi connectivity index (χ0v) is 17.1. The lowest BCUT2D eigenvalue weighted by Gasteiger charge is -2.33. The van der Waals surface area contributed by atoms with Gasteiger partial charge in [0.25, 0.3) is 0 Å². The number of carbonyl (C=O) groups is 1. The molecule has 0 saturated carbocycles. The van der Waals surface area contributed by atoms with E-state index < -0.39 is 5.97 Å². The zero-order valence-electron chi connectivity index (χ0n) is 17.1. The average Bonchev–Trinajstić information content (AvgIpc) is 2.76. The lowest BCUT2D eigenvalue weighted by atomic mass is 9.92. The number of benzene rings is 1. The molecule has 0 saturated heterocycles. The third kappa shape index (κ3) is 4.10. The van der Waals surface area contributed by atoms with Crippen LogP contribution >= 0.6 is 0 Å². The van der Waals surface area contributed by atoms with Crippen molar-refractivity contribution in [3.05, 3.63) is 71.7 Å². The first kappa shape index (κ1) is 19.8. The van der Waals surface area contributed by atoms with E-state index in [0.717, 1.165) is 29.1 Å². The predicted molar refractivity (Wildman–Crippen MR) is 117 cm³/mol. The molecule has 0 bridgehead atoms. The molecule has 0 radical (unpaired) electrons. The van der Waals surface area contributed by atoms with Crippen LogP contribution in [0.15, 0.2) is 60.6 Å². The van der Waals surface area contributed by atoms with E-state index in [1.807, 2.05) is 0 Å². The number of carboxylic acid groups (broad SMARTS) is 1. The molecule has 2 aromatic rings. The summed E-state index contributed by atoms with van der Waals surface area (Å²) in [5, 5.41) is 16.1. The molecule has 7 heteroatoms. The number of ether oxygens (including phenoxy) is 1. The summed E-state index contributed by atoms with van der Waals surface area (Å²) in [6, 6.07) is 7.81. The van der Waals surface area contributed by atoms with E-state index >= 15 is 0 Å². The second-order valence-corrected chi connectivity index (χ2v) is 7.60. The maximum absolute atomic E-state index is 11.4. The molecule has 2 atom stereocenters. The number of likely N-dealkylation sites (N-methyl/N-ethyl adjacent to an activating group) is 1. The number of carboxylic acids is 1. The number of rotatable bonds is 6. The van der Waals surface area contributed by atoms with Gasteiger partial charge in [-0.15, -0.1) is 0 Å². The van der Waals surface area contributed by atoms with Crippen LogP contribution in [0.3, 0.4) is 0 Å². The van der Waals surface area contributed by atoms with E-state index in [0.29, 0.717) is 18.8 Å². The molecule has 156 valence electrons. The Morgan fingerprint density at radius 3 is 3.07 bits per heavy atom. The molecule has 0 amide bonds. The standard InChI is InChI=1S/C23H26N4O3/c1-15-4-3-5-22(26-15)27(2)17-6-7-18-16(9-11-30-21(18)12-17)13-25-20-14-24-10-8-19(20)23(28)29/h3-8,10,12,14,16,22,25-26H,9,11,13H2,1-2H3,(H,28,29)/t16-,22?/m0/s1. The number of aromatic carboxylic acids is 1. The number of hydrogen-bond acceptors (Lipinski definition) is 6. The first-order chi connectivity index (χ1) is 14.5. The highest BCUT2D eigenvalue weighted by atomic mass is 16.5. The van der Waals surface area contributed by atoms with E-state index in [2.05, 4.69) is 70.9 Å². The number of anilines is 2. The zero-order chi connectivity index (χ0) is 21.1. The van der Waals surface area contributed by atoms with E-state index in [1.54, 1.807) is 6.20 Å². The van der Waals surface area contributed by atoms with Crippen LogP contribution in [0.5, 0.6) is 5.75 Å². The number of nitrogens with one attached hydrogen (secondary N) is 2. The fraction of sp³-hybridized carbons (Fsp3) is 0.304. The number of allylic oxidation sites excluding steroid dienone is 3. The molecule has 0 spiro atoms. The summed E-state index contributed by atoms with van der Waals surface area (Å²) >= 11 is 0. The van der Waals surface area contributed by atoms with Gasteiger partial charge >= 0.3 is 5.97 Å². The lowest BCUT2D eigenvalue weighted by molar-refractivity contribution is 0.0697. The van der Waals surface area contributed by atoms with Crippen LogP contribution in [0.1, 0.15) is 35.2 Å². The predicted octanol–water partition coefficient (Wildman–Crippen LogP) is 3.58. The summed E-state index contributed by atoms with van der Waals surface area (Å²) in [6.07, 6.45) is 10.2. The largest absolute Gasteiger partial charge is 0.493 e. The number of nitrogens with zero attached hydrogens (tertiary/aromatic N) is 2. The summed E-state index contributed by atoms with van der Waals surface area (Å²) in [5.74, 6) is 0.150. The van der Waals surface area contributed by atoms with Crippen LogP contribution in [0.2, 0.25) is 0 Å². The first-order valence-corrected chi connectivity index (χ1v) is 10.1. The van der Waals surface area contributed by atoms with Gasteiger partial charge in [-0.1, -0.05) is 12.1 Å². The van der Waals surface area contributed by atoms with Crippen LogP contribution in [0, 0.1) is 0 Å². The highest BCUT2D eigenvalue weighted by Crippen LogP contribution is 2.37. The summed E-state index contributed by atoms with van der Waals surface area (Å²) in [7, 11) is 2.06. The Bertz CT molecular complexity index is 1000. The van der Waals surface area contributed by atoms with Crippen molar-refractivity contribution in [1.82, 2.24) is 10.3 Å². The molecule has 0 aliphatic carbocycles. The monoisotopic (exact) mass is 406 g/mol. The van der Waals surface area contributed by atoms with Gasteiger partial charge in [-0.05, 0) is 43.2 Å². The molecule has 2 aliphatic rings. The Kier molecular flexibility index (Phi) is 5.61. The Morgan fingerprint density at radius 2 is 2.27 bits per heavy atom. The molecule has 3 N–H and O–H groups in total. The van der Waals surface area contributed by atoms with Crippen molar-refractivity contribution in [2.45, 2.75) is 25.4 Å². The molecule has 4 rings (SSSR count). The normalized spacial score (nSPS) is 19.7. The molecule has 2 aliphatic heterocycles. The fourth-order valence-corrected chi connectivity index (χ4v) is 3.86. The van der Waals surface area contributed by atoms with Gasteiger partial charge < -0.3 is 25.4 Å². The van der Waals surface area contributed by atoms with Gasteiger partial charge in [-0.2, -0.15) is 0 Å². The maximum Gasteiger partial charge on any atom is 0.337 e. The third-order valence-corrected chi connectivity index (χ3v) is 5.59. The number of dihydropyridines is 1. The third-order valence-electron chi connectivity index (χ3n) is 5.59. The van der Waals surface area contributed by atoms with E-state index in [4.69, 9.17) is 4.74 Å². The highest BCUT2D eigenvalue weighted by Gasteiger charge is 2.24. The minimum atomic E-state index is -0.963. The maximum atomic E-state index is 11.4. The fourth-order valence-electron chi connectivity index (χ4n) is 3.86. The molecule has 0 fully saturated rings. The number of fused-ring (bicyclic) bond motifs is 1. The first-order valence-electron chi connectivity index (χ1n) is 10.1. The number of hydrogen-bond donors (Lipinski definition) is 3. The molecule has 3 heterocycles. The summed E-state index contributed by atoms with van der Waals surface area (Å²) in [6.45, 7) is 3.30. The van der Waals surface area contributed by atoms with E-state index in [-0.39, 0.29) is 17.6 Å². The van der Waals surface area contributed by atoms with Gasteiger partial charge in [-0.25, -0.2) is 4.79 Å². The topological polar surface area (TPSA) is 86.7 Å². The van der Waals surface area contributed by atoms with Crippen molar-refractivity contribution < 1.29 is 14.6 Å². The van der Waals surface area contributed by atoms with Crippen molar-refractivity contribution in [3.8, 4) is 5.75 Å². The average molecular weight is 406 g/mol. The molecule has 1 unspecified atom stereocenters. The summed E-state index contributed by atoms with van der Waals surface area (Å²) in [5.41, 5.74) is 4.10. The summed E-state index contributed by atoms with van der Waals surface area (Å²) in [4.78, 5) is 17.6. The molecular formula is C23H26N4O3. The Morgan fingerprint density at radius 1 is 1.40 bits per heavy atom. The number of aromatic nitrogens is 1. The smallest absolute Gasteiger partial charge is 0.337 e. The van der Waals surface area contributed by atoms with Gasteiger partial charge in [-0.3, -0.25) is 4.98 Å². The van der Waals surface area contributed by atoms with Crippen LogP contribution in [-0.4, -0.2) is 42.4 Å². The van der Waals surface area contributed by atoms with Crippen molar-refractivity contribution in [2.24, 2.45) is 0 Å². The quantitative estimate of drug-likeness (QED) is 0.676. The van der Waals surface area contributed by atoms with Crippen LogP contribution in [0.25, 0.3) is 0 Å². The van der Waals surface area contributed by atoms with Gasteiger partial charge in [0.1, 0.15) is 11.9 Å². The van der Waals surface area contributed by atoms with Crippen molar-refractivity contribution in [2.75, 3.05) is 30.4 Å². The SMILES string of the molecule is CC1=CC=CC(N(C)c2ccc3c(c2)OCC[C@H]3CNc2cnccc2C(=O)O)N1. The summed E-state index contributed by atoms with van der Waals surface area (Å²) < 4.78 is 5.96. The Hall–Kier alpha value is -3.48. The molecular weight excluding hydrogens is 380 g/mol.